The van der Waals surface area contributed by atoms with Crippen LogP contribution >= 0.6 is 0 Å². The number of terminal acetylenes is 1. The standard InChI is InChI=1S/C15H24N2O/c1-3-7-15(8-9-16-12-15)14(18)17(10-4-2)11-13-5-6-13/h2,13,16H,3,5-12H2,1H3. The Balaban J connectivity index is 2.06. The molecule has 0 aromatic heterocycles. The maximum Gasteiger partial charge on any atom is 0.230 e. The van der Waals surface area contributed by atoms with Crippen molar-refractivity contribution < 1.29 is 4.79 Å². The SMILES string of the molecule is C#CCN(CC1CC1)C(=O)C1(CCC)CCNC1. The molecule has 2 rings (SSSR count). The van der Waals surface area contributed by atoms with Crippen LogP contribution in [0.5, 0.6) is 0 Å². The van der Waals surface area contributed by atoms with Gasteiger partial charge in [0.25, 0.3) is 0 Å². The number of nitrogens with zero attached hydrogens (tertiary/aromatic N) is 1. The van der Waals surface area contributed by atoms with E-state index in [2.05, 4.69) is 18.2 Å². The summed E-state index contributed by atoms with van der Waals surface area (Å²) in [5.74, 6) is 3.64. The Kier molecular flexibility index (Phi) is 4.29. The Hall–Kier alpha value is -1.01. The van der Waals surface area contributed by atoms with E-state index in [4.69, 9.17) is 6.42 Å². The van der Waals surface area contributed by atoms with Crippen molar-refractivity contribution in [2.24, 2.45) is 11.3 Å². The summed E-state index contributed by atoms with van der Waals surface area (Å²) in [5.41, 5.74) is -0.180. The summed E-state index contributed by atoms with van der Waals surface area (Å²) in [6, 6.07) is 0. The van der Waals surface area contributed by atoms with Crippen molar-refractivity contribution >= 4 is 5.91 Å². The summed E-state index contributed by atoms with van der Waals surface area (Å²) in [6.45, 7) is 5.28. The Morgan fingerprint density at radius 2 is 2.33 bits per heavy atom. The first-order chi connectivity index (χ1) is 8.72. The predicted octanol–water partition coefficient (Wildman–Crippen LogP) is 1.64. The van der Waals surface area contributed by atoms with Crippen LogP contribution in [0.25, 0.3) is 0 Å². The second-order valence-corrected chi connectivity index (χ2v) is 5.79. The number of carbonyl (C=O) groups excluding carboxylic acids is 1. The molecule has 3 nitrogen and oxygen atoms in total. The molecule has 2 fully saturated rings. The fraction of sp³-hybridized carbons (Fsp3) is 0.800. The van der Waals surface area contributed by atoms with E-state index >= 15 is 0 Å². The van der Waals surface area contributed by atoms with Crippen LogP contribution in [0.3, 0.4) is 0 Å². The van der Waals surface area contributed by atoms with Crippen LogP contribution in [0.4, 0.5) is 0 Å². The molecule has 1 aliphatic carbocycles. The molecule has 1 aliphatic heterocycles. The van der Waals surface area contributed by atoms with Crippen molar-refractivity contribution in [3.05, 3.63) is 0 Å². The minimum atomic E-state index is -0.180. The maximum atomic E-state index is 12.8. The van der Waals surface area contributed by atoms with E-state index in [1.807, 2.05) is 4.90 Å². The highest BCUT2D eigenvalue weighted by Crippen LogP contribution is 2.36. The lowest BCUT2D eigenvalue weighted by Crippen LogP contribution is -2.46. The molecule has 1 unspecified atom stereocenters. The molecule has 0 aromatic rings. The van der Waals surface area contributed by atoms with Gasteiger partial charge in [-0.2, -0.15) is 0 Å². The smallest absolute Gasteiger partial charge is 0.230 e. The minimum absolute atomic E-state index is 0.180. The first kappa shape index (κ1) is 13.4. The lowest BCUT2D eigenvalue weighted by Gasteiger charge is -2.33. The molecule has 18 heavy (non-hydrogen) atoms. The third kappa shape index (κ3) is 2.87. The van der Waals surface area contributed by atoms with E-state index in [0.29, 0.717) is 18.4 Å². The monoisotopic (exact) mass is 248 g/mol. The normalized spacial score (nSPS) is 26.9. The zero-order valence-electron chi connectivity index (χ0n) is 11.4. The lowest BCUT2D eigenvalue weighted by molar-refractivity contribution is -0.141. The number of hydrogen-bond donors (Lipinski definition) is 1. The van der Waals surface area contributed by atoms with Gasteiger partial charge in [0.2, 0.25) is 5.91 Å². The quantitative estimate of drug-likeness (QED) is 0.725. The summed E-state index contributed by atoms with van der Waals surface area (Å²) in [6.07, 6.45) is 10.9. The van der Waals surface area contributed by atoms with Crippen molar-refractivity contribution in [2.75, 3.05) is 26.2 Å². The minimum Gasteiger partial charge on any atom is -0.331 e. The highest BCUT2D eigenvalue weighted by atomic mass is 16.2. The zero-order valence-corrected chi connectivity index (χ0v) is 11.4. The molecule has 100 valence electrons. The third-order valence-corrected chi connectivity index (χ3v) is 4.17. The Morgan fingerprint density at radius 1 is 1.56 bits per heavy atom. The van der Waals surface area contributed by atoms with Gasteiger partial charge in [-0.15, -0.1) is 6.42 Å². The van der Waals surface area contributed by atoms with Gasteiger partial charge in [-0.05, 0) is 38.1 Å². The van der Waals surface area contributed by atoms with Crippen LogP contribution in [-0.2, 0) is 4.79 Å². The molecule has 1 atom stereocenters. The van der Waals surface area contributed by atoms with Gasteiger partial charge in [-0.25, -0.2) is 0 Å². The van der Waals surface area contributed by atoms with Crippen molar-refractivity contribution in [1.29, 1.82) is 0 Å². The van der Waals surface area contributed by atoms with Crippen molar-refractivity contribution in [3.63, 3.8) is 0 Å². The van der Waals surface area contributed by atoms with Crippen LogP contribution in [-0.4, -0.2) is 37.0 Å². The van der Waals surface area contributed by atoms with E-state index < -0.39 is 0 Å². The van der Waals surface area contributed by atoms with Gasteiger partial charge in [0, 0.05) is 13.1 Å². The highest BCUT2D eigenvalue weighted by Gasteiger charge is 2.43. The molecule has 1 saturated carbocycles. The van der Waals surface area contributed by atoms with Gasteiger partial charge in [-0.1, -0.05) is 19.3 Å². The average molecular weight is 248 g/mol. The third-order valence-electron chi connectivity index (χ3n) is 4.17. The largest absolute Gasteiger partial charge is 0.331 e. The second kappa shape index (κ2) is 5.75. The summed E-state index contributed by atoms with van der Waals surface area (Å²) in [4.78, 5) is 14.7. The van der Waals surface area contributed by atoms with Crippen molar-refractivity contribution in [2.45, 2.75) is 39.0 Å². The van der Waals surface area contributed by atoms with Crippen molar-refractivity contribution in [1.82, 2.24) is 10.2 Å². The Labute approximate surface area is 110 Å². The van der Waals surface area contributed by atoms with E-state index in [-0.39, 0.29) is 5.41 Å². The summed E-state index contributed by atoms with van der Waals surface area (Å²) < 4.78 is 0. The number of carbonyl (C=O) groups is 1. The fourth-order valence-corrected chi connectivity index (χ4v) is 3.00. The highest BCUT2D eigenvalue weighted by molar-refractivity contribution is 5.83. The van der Waals surface area contributed by atoms with Gasteiger partial charge in [-0.3, -0.25) is 4.79 Å². The van der Waals surface area contributed by atoms with Crippen LogP contribution in [0.15, 0.2) is 0 Å². The van der Waals surface area contributed by atoms with Crippen LogP contribution in [0.1, 0.15) is 39.0 Å². The van der Waals surface area contributed by atoms with Gasteiger partial charge >= 0.3 is 0 Å². The summed E-state index contributed by atoms with van der Waals surface area (Å²) in [7, 11) is 0. The van der Waals surface area contributed by atoms with Crippen LogP contribution in [0.2, 0.25) is 0 Å². The first-order valence-electron chi connectivity index (χ1n) is 7.15. The van der Waals surface area contributed by atoms with E-state index in [9.17, 15) is 4.79 Å². The van der Waals surface area contributed by atoms with Crippen LogP contribution < -0.4 is 5.32 Å². The molecule has 0 radical (unpaired) electrons. The van der Waals surface area contributed by atoms with E-state index in [1.165, 1.54) is 12.8 Å². The van der Waals surface area contributed by atoms with Gasteiger partial charge in [0.05, 0.1) is 12.0 Å². The second-order valence-electron chi connectivity index (χ2n) is 5.79. The fourth-order valence-electron chi connectivity index (χ4n) is 3.00. The number of amides is 1. The van der Waals surface area contributed by atoms with Gasteiger partial charge in [0.1, 0.15) is 0 Å². The first-order valence-corrected chi connectivity index (χ1v) is 7.15. The lowest BCUT2D eigenvalue weighted by atomic mass is 9.81. The molecule has 3 heteroatoms. The maximum absolute atomic E-state index is 12.8. The van der Waals surface area contributed by atoms with Gasteiger partial charge in [0.15, 0.2) is 0 Å². The zero-order chi connectivity index (χ0) is 13.0. The van der Waals surface area contributed by atoms with Crippen LogP contribution in [0, 0.1) is 23.7 Å². The molecular formula is C15H24N2O. The van der Waals surface area contributed by atoms with Crippen molar-refractivity contribution in [3.8, 4) is 12.3 Å². The Bertz CT molecular complexity index is 335. The van der Waals surface area contributed by atoms with E-state index in [1.54, 1.807) is 0 Å². The average Bonchev–Trinajstić information content (AvgIpc) is 3.05. The molecule has 0 bridgehead atoms. The topological polar surface area (TPSA) is 32.3 Å². The number of nitrogens with one attached hydrogen (secondary N) is 1. The molecular weight excluding hydrogens is 224 g/mol. The molecule has 0 spiro atoms. The molecule has 0 aromatic carbocycles. The molecule has 1 heterocycles. The number of rotatable bonds is 6. The summed E-state index contributed by atoms with van der Waals surface area (Å²) >= 11 is 0. The van der Waals surface area contributed by atoms with E-state index in [0.717, 1.165) is 38.9 Å². The van der Waals surface area contributed by atoms with Gasteiger partial charge < -0.3 is 10.2 Å². The molecule has 1 N–H and O–H groups in total. The summed E-state index contributed by atoms with van der Waals surface area (Å²) in [5, 5.41) is 3.35. The molecule has 1 amide bonds. The molecule has 2 aliphatic rings. The predicted molar refractivity (Wildman–Crippen MR) is 73.0 cm³/mol. The number of hydrogen-bond acceptors (Lipinski definition) is 2. The Morgan fingerprint density at radius 3 is 2.83 bits per heavy atom. The molecule has 1 saturated heterocycles.